The molecule has 4 heteroatoms. The summed E-state index contributed by atoms with van der Waals surface area (Å²) in [5.41, 5.74) is 5.44. The van der Waals surface area contributed by atoms with Crippen LogP contribution in [0, 0.1) is 0 Å². The number of ketones is 1. The molecule has 1 aliphatic carbocycles. The van der Waals surface area contributed by atoms with Gasteiger partial charge in [0.05, 0.1) is 21.7 Å². The molecular weight excluding hydrogens is 124 g/mol. The minimum atomic E-state index is -1.16. The highest BCUT2D eigenvalue weighted by Crippen LogP contribution is 2.32. The number of carbonyl (C=O) groups excluding carboxylic acids is 1. The maximum Gasteiger partial charge on any atom is 0.138 e. The average molecular weight is 133 g/mol. The molecule has 1 aliphatic rings. The minimum Gasteiger partial charge on any atom is -0.322 e. The summed E-state index contributed by atoms with van der Waals surface area (Å²) in [4.78, 5) is 11.1. The highest BCUT2D eigenvalue weighted by atomic mass is 16.1. The molecule has 0 saturated heterocycles. The van der Waals surface area contributed by atoms with Gasteiger partial charge in [0.15, 0.2) is 0 Å². The first kappa shape index (κ1) is 7.86. The van der Waals surface area contributed by atoms with Crippen LogP contribution < -0.4 is 5.73 Å². The number of rotatable bonds is 0. The summed E-state index contributed by atoms with van der Waals surface area (Å²) in [5, 5.41) is -1.16. The molecule has 1 rings (SSSR count). The zero-order valence-corrected chi connectivity index (χ0v) is 5.84. The Labute approximate surface area is 63.4 Å². The van der Waals surface area contributed by atoms with E-state index in [1.54, 1.807) is 0 Å². The van der Waals surface area contributed by atoms with Gasteiger partial charge in [0, 0.05) is 0 Å². The Morgan fingerprint density at radius 3 is 2.60 bits per heavy atom. The Morgan fingerprint density at radius 1 is 1.60 bits per heavy atom. The van der Waals surface area contributed by atoms with Crippen LogP contribution in [0.4, 0.5) is 0 Å². The molecule has 0 bridgehead atoms. The predicted molar refractivity (Wildman–Crippen MR) is 41.0 cm³/mol. The Bertz CT molecular complexity index is 158. The van der Waals surface area contributed by atoms with Crippen molar-refractivity contribution in [1.29, 1.82) is 0 Å². The third kappa shape index (κ3) is 1.26. The number of nitrogens with two attached hydrogens (primary N) is 1. The SMILES string of the molecule is [B]C1([B])CCCC(N)C1=O. The van der Waals surface area contributed by atoms with Crippen LogP contribution in [0.2, 0.25) is 5.21 Å². The number of carbonyl (C=O) groups is 1. The molecule has 1 atom stereocenters. The standard InChI is InChI=1S/C6H9B2NO/c7-6(8)3-1-2-4(9)5(6)10/h4H,1-3,9H2. The van der Waals surface area contributed by atoms with Gasteiger partial charge >= 0.3 is 0 Å². The van der Waals surface area contributed by atoms with E-state index in [4.69, 9.17) is 21.4 Å². The predicted octanol–water partition coefficient (Wildman–Crippen LogP) is -0.480. The molecule has 4 radical (unpaired) electrons. The molecule has 10 heavy (non-hydrogen) atoms. The van der Waals surface area contributed by atoms with E-state index in [0.29, 0.717) is 6.42 Å². The molecule has 0 aromatic rings. The van der Waals surface area contributed by atoms with E-state index in [1.807, 2.05) is 0 Å². The number of hydrogen-bond acceptors (Lipinski definition) is 2. The molecule has 2 N–H and O–H groups in total. The molecule has 1 fully saturated rings. The number of Topliss-reactive ketones (excluding diaryl/α,β-unsaturated/α-hetero) is 1. The largest absolute Gasteiger partial charge is 0.322 e. The fraction of sp³-hybridized carbons (Fsp3) is 0.833. The van der Waals surface area contributed by atoms with Crippen molar-refractivity contribution in [3.63, 3.8) is 0 Å². The van der Waals surface area contributed by atoms with Gasteiger partial charge < -0.3 is 5.73 Å². The summed E-state index contributed by atoms with van der Waals surface area (Å²) < 4.78 is 0. The average Bonchev–Trinajstić information content (AvgIpc) is 1.83. The molecule has 1 saturated carbocycles. The van der Waals surface area contributed by atoms with Crippen LogP contribution in [0.5, 0.6) is 0 Å². The lowest BCUT2D eigenvalue weighted by Gasteiger charge is -2.32. The second-order valence-electron chi connectivity index (χ2n) is 2.90. The molecular formula is C6H9B2NO. The van der Waals surface area contributed by atoms with Gasteiger partial charge in [-0.3, -0.25) is 4.79 Å². The monoisotopic (exact) mass is 133 g/mol. The van der Waals surface area contributed by atoms with E-state index < -0.39 is 11.3 Å². The molecule has 1 unspecified atom stereocenters. The molecule has 0 aromatic carbocycles. The van der Waals surface area contributed by atoms with Crippen LogP contribution >= 0.6 is 0 Å². The van der Waals surface area contributed by atoms with E-state index in [1.165, 1.54) is 0 Å². The quantitative estimate of drug-likeness (QED) is 0.453. The smallest absolute Gasteiger partial charge is 0.138 e. The van der Waals surface area contributed by atoms with Crippen LogP contribution in [0.25, 0.3) is 0 Å². The second-order valence-corrected chi connectivity index (χ2v) is 2.90. The van der Waals surface area contributed by atoms with Crippen molar-refractivity contribution in [3.05, 3.63) is 0 Å². The van der Waals surface area contributed by atoms with Gasteiger partial charge in [-0.15, -0.1) is 0 Å². The van der Waals surface area contributed by atoms with Crippen molar-refractivity contribution in [1.82, 2.24) is 0 Å². The molecule has 0 spiro atoms. The van der Waals surface area contributed by atoms with Crippen molar-refractivity contribution in [2.24, 2.45) is 5.73 Å². The van der Waals surface area contributed by atoms with Gasteiger partial charge in [0.25, 0.3) is 0 Å². The van der Waals surface area contributed by atoms with Gasteiger partial charge in [0.2, 0.25) is 0 Å². The lowest BCUT2D eigenvalue weighted by atomic mass is 9.47. The zero-order chi connectivity index (χ0) is 7.78. The maximum atomic E-state index is 11.1. The van der Waals surface area contributed by atoms with Crippen LogP contribution in [-0.4, -0.2) is 27.5 Å². The van der Waals surface area contributed by atoms with E-state index in [-0.39, 0.29) is 5.78 Å². The van der Waals surface area contributed by atoms with Gasteiger partial charge in [-0.1, -0.05) is 12.8 Å². The van der Waals surface area contributed by atoms with Crippen LogP contribution in [0.15, 0.2) is 0 Å². The Morgan fingerprint density at radius 2 is 2.20 bits per heavy atom. The molecule has 0 aromatic heterocycles. The Hall–Kier alpha value is -0.240. The van der Waals surface area contributed by atoms with Crippen molar-refractivity contribution in [2.45, 2.75) is 30.5 Å². The van der Waals surface area contributed by atoms with E-state index in [0.717, 1.165) is 12.8 Å². The van der Waals surface area contributed by atoms with Gasteiger partial charge in [-0.2, -0.15) is 0 Å². The van der Waals surface area contributed by atoms with E-state index >= 15 is 0 Å². The minimum absolute atomic E-state index is 0.209. The van der Waals surface area contributed by atoms with Crippen LogP contribution in [0.1, 0.15) is 19.3 Å². The summed E-state index contributed by atoms with van der Waals surface area (Å²) in [6.45, 7) is 0. The maximum absolute atomic E-state index is 11.1. The zero-order valence-electron chi connectivity index (χ0n) is 5.84. The first-order valence-electron chi connectivity index (χ1n) is 3.42. The summed E-state index contributed by atoms with van der Waals surface area (Å²) >= 11 is 0. The van der Waals surface area contributed by atoms with E-state index in [2.05, 4.69) is 0 Å². The summed E-state index contributed by atoms with van der Waals surface area (Å²) in [6.07, 6.45) is 2.12. The van der Waals surface area contributed by atoms with Gasteiger partial charge in [0.1, 0.15) is 5.78 Å². The van der Waals surface area contributed by atoms with Crippen LogP contribution in [-0.2, 0) is 4.79 Å². The normalized spacial score (nSPS) is 32.1. The molecule has 2 nitrogen and oxygen atoms in total. The van der Waals surface area contributed by atoms with Gasteiger partial charge in [-0.05, 0) is 11.6 Å². The third-order valence-corrected chi connectivity index (χ3v) is 1.90. The lowest BCUT2D eigenvalue weighted by Crippen LogP contribution is -2.43. The van der Waals surface area contributed by atoms with E-state index in [9.17, 15) is 4.79 Å². The summed E-state index contributed by atoms with van der Waals surface area (Å²) in [5.74, 6) is -0.209. The second kappa shape index (κ2) is 2.42. The first-order valence-corrected chi connectivity index (χ1v) is 3.42. The number of hydrogen-bond donors (Lipinski definition) is 1. The highest BCUT2D eigenvalue weighted by Gasteiger charge is 2.33. The summed E-state index contributed by atoms with van der Waals surface area (Å²) in [7, 11) is 10.9. The molecule has 0 aliphatic heterocycles. The third-order valence-electron chi connectivity index (χ3n) is 1.90. The Balaban J connectivity index is 2.70. The van der Waals surface area contributed by atoms with Crippen molar-refractivity contribution < 1.29 is 4.79 Å². The van der Waals surface area contributed by atoms with Gasteiger partial charge in [-0.25, -0.2) is 0 Å². The lowest BCUT2D eigenvalue weighted by molar-refractivity contribution is -0.122. The van der Waals surface area contributed by atoms with Crippen molar-refractivity contribution in [2.75, 3.05) is 0 Å². The molecule has 0 heterocycles. The molecule has 50 valence electrons. The summed E-state index contributed by atoms with van der Waals surface area (Å²) in [6, 6.07) is -0.441. The first-order chi connectivity index (χ1) is 4.54. The Kier molecular flexibility index (Phi) is 1.90. The van der Waals surface area contributed by atoms with Crippen LogP contribution in [0.3, 0.4) is 0 Å². The highest BCUT2D eigenvalue weighted by molar-refractivity contribution is 6.51. The topological polar surface area (TPSA) is 43.1 Å². The van der Waals surface area contributed by atoms with Crippen molar-refractivity contribution >= 4 is 21.5 Å². The van der Waals surface area contributed by atoms with Crippen molar-refractivity contribution in [3.8, 4) is 0 Å². The fourth-order valence-electron chi connectivity index (χ4n) is 1.21. The fourth-order valence-corrected chi connectivity index (χ4v) is 1.21. The molecule has 0 amide bonds.